The van der Waals surface area contributed by atoms with E-state index in [1.54, 1.807) is 20.4 Å². The summed E-state index contributed by atoms with van der Waals surface area (Å²) < 4.78 is 16.2. The molecule has 1 aromatic carbocycles. The van der Waals surface area contributed by atoms with E-state index in [0.717, 1.165) is 23.6 Å². The van der Waals surface area contributed by atoms with E-state index in [2.05, 4.69) is 10.3 Å². The van der Waals surface area contributed by atoms with Gasteiger partial charge in [-0.15, -0.1) is 0 Å². The molecule has 0 amide bonds. The lowest BCUT2D eigenvalue weighted by molar-refractivity contribution is 0.302. The van der Waals surface area contributed by atoms with E-state index >= 15 is 0 Å². The van der Waals surface area contributed by atoms with Crippen LogP contribution in [-0.4, -0.2) is 26.3 Å². The molecular weight excluding hydrogens is 268 g/mol. The Hall–Kier alpha value is -2.27. The van der Waals surface area contributed by atoms with Gasteiger partial charge in [-0.2, -0.15) is 0 Å². The fraction of sp³-hybridized carbons (Fsp3) is 0.312. The van der Waals surface area contributed by atoms with Crippen molar-refractivity contribution in [2.24, 2.45) is 0 Å². The molecule has 0 fully saturated rings. The fourth-order valence-corrected chi connectivity index (χ4v) is 1.92. The van der Waals surface area contributed by atoms with Gasteiger partial charge < -0.3 is 19.5 Å². The van der Waals surface area contributed by atoms with Crippen LogP contribution in [0, 0.1) is 0 Å². The van der Waals surface area contributed by atoms with E-state index < -0.39 is 0 Å². The predicted molar refractivity (Wildman–Crippen MR) is 80.9 cm³/mol. The van der Waals surface area contributed by atoms with Crippen LogP contribution in [-0.2, 0) is 13.2 Å². The molecule has 5 nitrogen and oxygen atoms in total. The average Bonchev–Trinajstić information content (AvgIpc) is 2.54. The van der Waals surface area contributed by atoms with Crippen molar-refractivity contribution in [3.63, 3.8) is 0 Å². The van der Waals surface area contributed by atoms with Gasteiger partial charge in [0, 0.05) is 6.54 Å². The number of methoxy groups -OCH3 is 2. The summed E-state index contributed by atoms with van der Waals surface area (Å²) in [6.07, 6.45) is 1.73. The second kappa shape index (κ2) is 7.50. The highest BCUT2D eigenvalue weighted by molar-refractivity contribution is 5.42. The highest BCUT2D eigenvalue weighted by Gasteiger charge is 2.05. The molecule has 21 heavy (non-hydrogen) atoms. The Labute approximate surface area is 124 Å². The van der Waals surface area contributed by atoms with Gasteiger partial charge in [-0.05, 0) is 36.9 Å². The number of rotatable bonds is 7. The Morgan fingerprint density at radius 1 is 1.05 bits per heavy atom. The lowest BCUT2D eigenvalue weighted by Gasteiger charge is -2.10. The minimum absolute atomic E-state index is 0.452. The standard InChI is InChI=1S/C16H20N2O3/c1-17-9-13-5-6-14(10-18-13)21-11-12-4-7-15(19-2)16(8-12)20-3/h4-8,10,17H,9,11H2,1-3H3. The largest absolute Gasteiger partial charge is 0.493 e. The van der Waals surface area contributed by atoms with Crippen LogP contribution in [0.25, 0.3) is 0 Å². The van der Waals surface area contributed by atoms with Crippen molar-refractivity contribution in [2.45, 2.75) is 13.2 Å². The molecule has 0 atom stereocenters. The highest BCUT2D eigenvalue weighted by Crippen LogP contribution is 2.28. The molecule has 0 saturated heterocycles. The molecule has 1 aromatic heterocycles. The summed E-state index contributed by atoms with van der Waals surface area (Å²) in [4.78, 5) is 4.31. The molecule has 0 bridgehead atoms. The second-order valence-electron chi connectivity index (χ2n) is 4.49. The lowest BCUT2D eigenvalue weighted by atomic mass is 10.2. The molecule has 1 heterocycles. The minimum Gasteiger partial charge on any atom is -0.493 e. The van der Waals surface area contributed by atoms with Gasteiger partial charge >= 0.3 is 0 Å². The first-order valence-corrected chi connectivity index (χ1v) is 6.70. The SMILES string of the molecule is CNCc1ccc(OCc2ccc(OC)c(OC)c2)cn1. The molecule has 0 spiro atoms. The average molecular weight is 288 g/mol. The van der Waals surface area contributed by atoms with Crippen LogP contribution in [0.15, 0.2) is 36.5 Å². The first-order chi connectivity index (χ1) is 10.3. The van der Waals surface area contributed by atoms with Gasteiger partial charge in [0.05, 0.1) is 26.1 Å². The van der Waals surface area contributed by atoms with Gasteiger partial charge in [0.25, 0.3) is 0 Å². The van der Waals surface area contributed by atoms with E-state index in [-0.39, 0.29) is 0 Å². The molecular formula is C16H20N2O3. The maximum absolute atomic E-state index is 5.72. The van der Waals surface area contributed by atoms with Crippen LogP contribution in [0.3, 0.4) is 0 Å². The zero-order valence-electron chi connectivity index (χ0n) is 12.6. The minimum atomic E-state index is 0.452. The number of benzene rings is 1. The van der Waals surface area contributed by atoms with Gasteiger partial charge in [0.1, 0.15) is 12.4 Å². The number of hydrogen-bond acceptors (Lipinski definition) is 5. The molecule has 0 radical (unpaired) electrons. The second-order valence-corrected chi connectivity index (χ2v) is 4.49. The summed E-state index contributed by atoms with van der Waals surface area (Å²) in [5, 5.41) is 3.06. The summed E-state index contributed by atoms with van der Waals surface area (Å²) in [6.45, 7) is 1.20. The molecule has 0 unspecified atom stereocenters. The monoisotopic (exact) mass is 288 g/mol. The number of hydrogen-bond donors (Lipinski definition) is 1. The molecule has 0 aliphatic carbocycles. The first-order valence-electron chi connectivity index (χ1n) is 6.70. The Morgan fingerprint density at radius 2 is 1.86 bits per heavy atom. The summed E-state index contributed by atoms with van der Waals surface area (Å²) in [7, 11) is 5.13. The molecule has 112 valence electrons. The molecule has 0 saturated carbocycles. The van der Waals surface area contributed by atoms with Crippen molar-refractivity contribution < 1.29 is 14.2 Å². The molecule has 1 N–H and O–H groups in total. The van der Waals surface area contributed by atoms with E-state index in [1.165, 1.54) is 0 Å². The van der Waals surface area contributed by atoms with Crippen molar-refractivity contribution in [1.29, 1.82) is 0 Å². The predicted octanol–water partition coefficient (Wildman–Crippen LogP) is 2.40. The van der Waals surface area contributed by atoms with Gasteiger partial charge in [0.15, 0.2) is 11.5 Å². The van der Waals surface area contributed by atoms with Crippen molar-refractivity contribution in [3.8, 4) is 17.2 Å². The van der Waals surface area contributed by atoms with Gasteiger partial charge in [-0.3, -0.25) is 4.98 Å². The summed E-state index contributed by atoms with van der Waals surface area (Å²) in [6, 6.07) is 9.58. The number of pyridine rings is 1. The Morgan fingerprint density at radius 3 is 2.48 bits per heavy atom. The third-order valence-corrected chi connectivity index (χ3v) is 3.01. The van der Waals surface area contributed by atoms with E-state index in [4.69, 9.17) is 14.2 Å². The van der Waals surface area contributed by atoms with Crippen molar-refractivity contribution in [2.75, 3.05) is 21.3 Å². The zero-order chi connectivity index (χ0) is 15.1. The van der Waals surface area contributed by atoms with Gasteiger partial charge in [-0.1, -0.05) is 6.07 Å². The third kappa shape index (κ3) is 4.10. The van der Waals surface area contributed by atoms with Crippen LogP contribution in [0.4, 0.5) is 0 Å². The summed E-state index contributed by atoms with van der Waals surface area (Å²) in [5.41, 5.74) is 1.99. The van der Waals surface area contributed by atoms with Gasteiger partial charge in [0.2, 0.25) is 0 Å². The Balaban J connectivity index is 1.99. The van der Waals surface area contributed by atoms with Crippen LogP contribution >= 0.6 is 0 Å². The van der Waals surface area contributed by atoms with Crippen LogP contribution < -0.4 is 19.5 Å². The van der Waals surface area contributed by atoms with Gasteiger partial charge in [-0.25, -0.2) is 0 Å². The molecule has 2 rings (SSSR count). The van der Waals surface area contributed by atoms with E-state index in [9.17, 15) is 0 Å². The third-order valence-electron chi connectivity index (χ3n) is 3.01. The summed E-state index contributed by atoms with van der Waals surface area (Å²) in [5.74, 6) is 2.14. The molecule has 2 aromatic rings. The van der Waals surface area contributed by atoms with Crippen LogP contribution in [0.2, 0.25) is 0 Å². The Kier molecular flexibility index (Phi) is 5.40. The summed E-state index contributed by atoms with van der Waals surface area (Å²) >= 11 is 0. The fourth-order valence-electron chi connectivity index (χ4n) is 1.92. The normalized spacial score (nSPS) is 10.2. The highest BCUT2D eigenvalue weighted by atomic mass is 16.5. The first kappa shape index (κ1) is 15.1. The molecule has 0 aliphatic heterocycles. The topological polar surface area (TPSA) is 52.6 Å². The quantitative estimate of drug-likeness (QED) is 0.848. The maximum Gasteiger partial charge on any atom is 0.161 e. The van der Waals surface area contributed by atoms with Crippen molar-refractivity contribution >= 4 is 0 Å². The number of nitrogens with zero attached hydrogens (tertiary/aromatic N) is 1. The van der Waals surface area contributed by atoms with E-state index in [0.29, 0.717) is 18.1 Å². The van der Waals surface area contributed by atoms with Crippen LogP contribution in [0.1, 0.15) is 11.3 Å². The Bertz CT molecular complexity index is 570. The molecule has 0 aliphatic rings. The smallest absolute Gasteiger partial charge is 0.161 e. The number of aromatic nitrogens is 1. The van der Waals surface area contributed by atoms with Crippen molar-refractivity contribution in [1.82, 2.24) is 10.3 Å². The van der Waals surface area contributed by atoms with Crippen LogP contribution in [0.5, 0.6) is 17.2 Å². The van der Waals surface area contributed by atoms with Crippen molar-refractivity contribution in [3.05, 3.63) is 47.8 Å². The maximum atomic E-state index is 5.72. The zero-order valence-corrected chi connectivity index (χ0v) is 12.6. The van der Waals surface area contributed by atoms with E-state index in [1.807, 2.05) is 37.4 Å². The number of ether oxygens (including phenoxy) is 3. The lowest BCUT2D eigenvalue weighted by Crippen LogP contribution is -2.06. The number of nitrogens with one attached hydrogen (secondary N) is 1. The molecule has 5 heteroatoms.